The average molecular weight is 435 g/mol. The molecule has 33 heavy (non-hydrogen) atoms. The van der Waals surface area contributed by atoms with Crippen LogP contribution >= 0.6 is 0 Å². The van der Waals surface area contributed by atoms with E-state index in [9.17, 15) is 4.79 Å². The first-order valence-electron chi connectivity index (χ1n) is 10.9. The molecule has 5 aromatic rings. The molecule has 7 nitrogen and oxygen atoms in total. The minimum atomic E-state index is 0.00903. The molecule has 162 valence electrons. The van der Waals surface area contributed by atoms with Gasteiger partial charge in [-0.15, -0.1) is 0 Å². The molecule has 0 unspecified atom stereocenters. The molecule has 0 radical (unpaired) electrons. The van der Waals surface area contributed by atoms with Crippen molar-refractivity contribution in [3.8, 4) is 17.2 Å². The van der Waals surface area contributed by atoms with E-state index >= 15 is 0 Å². The number of aryl methyl sites for hydroxylation is 2. The van der Waals surface area contributed by atoms with E-state index in [1.807, 2.05) is 95.0 Å². The number of amides is 1. The summed E-state index contributed by atoms with van der Waals surface area (Å²) in [6.07, 6.45) is 9.78. The molecular weight excluding hydrogens is 412 g/mol. The number of pyridine rings is 2. The SMILES string of the molecule is Cc1cc(C)nc(-n2cc3c(c2)CN(C(=O)c2c(-c4ccccn4)cn4ccccc24)C3)n1. The van der Waals surface area contributed by atoms with Gasteiger partial charge in [0, 0.05) is 61.0 Å². The molecule has 0 N–H and O–H groups in total. The van der Waals surface area contributed by atoms with Crippen LogP contribution in [0.4, 0.5) is 0 Å². The fraction of sp³-hybridized carbons (Fsp3) is 0.154. The van der Waals surface area contributed by atoms with Gasteiger partial charge in [-0.05, 0) is 55.3 Å². The Balaban J connectivity index is 1.35. The molecular formula is C26H22N6O. The number of carbonyl (C=O) groups excluding carboxylic acids is 1. The Morgan fingerprint density at radius 1 is 0.909 bits per heavy atom. The van der Waals surface area contributed by atoms with Gasteiger partial charge in [-0.25, -0.2) is 9.97 Å². The van der Waals surface area contributed by atoms with Gasteiger partial charge >= 0.3 is 0 Å². The Bertz CT molecular complexity index is 1470. The maximum absolute atomic E-state index is 13.8. The van der Waals surface area contributed by atoms with E-state index in [0.717, 1.165) is 39.3 Å². The van der Waals surface area contributed by atoms with Crippen molar-refractivity contribution in [2.45, 2.75) is 26.9 Å². The van der Waals surface area contributed by atoms with E-state index in [4.69, 9.17) is 0 Å². The van der Waals surface area contributed by atoms with Crippen molar-refractivity contribution >= 4 is 11.4 Å². The van der Waals surface area contributed by atoms with E-state index < -0.39 is 0 Å². The van der Waals surface area contributed by atoms with E-state index in [-0.39, 0.29) is 5.91 Å². The normalized spacial score (nSPS) is 13.0. The molecule has 1 amide bonds. The van der Waals surface area contributed by atoms with E-state index in [0.29, 0.717) is 24.6 Å². The zero-order chi connectivity index (χ0) is 22.5. The highest BCUT2D eigenvalue weighted by atomic mass is 16.2. The predicted molar refractivity (Wildman–Crippen MR) is 125 cm³/mol. The third-order valence-electron chi connectivity index (χ3n) is 6.05. The second kappa shape index (κ2) is 7.41. The second-order valence-corrected chi connectivity index (χ2v) is 8.45. The van der Waals surface area contributed by atoms with Crippen LogP contribution in [-0.4, -0.2) is 34.7 Å². The fourth-order valence-corrected chi connectivity index (χ4v) is 4.59. The maximum atomic E-state index is 13.8. The summed E-state index contributed by atoms with van der Waals surface area (Å²) >= 11 is 0. The van der Waals surface area contributed by atoms with Crippen LogP contribution in [0.1, 0.15) is 32.9 Å². The monoisotopic (exact) mass is 434 g/mol. The summed E-state index contributed by atoms with van der Waals surface area (Å²) in [5.41, 5.74) is 7.32. The number of rotatable bonds is 3. The molecule has 0 aliphatic carbocycles. The lowest BCUT2D eigenvalue weighted by atomic mass is 10.1. The Hall–Kier alpha value is -4.26. The van der Waals surface area contributed by atoms with Crippen molar-refractivity contribution < 1.29 is 4.79 Å². The first-order valence-corrected chi connectivity index (χ1v) is 10.9. The van der Waals surface area contributed by atoms with E-state index in [2.05, 4.69) is 15.0 Å². The summed E-state index contributed by atoms with van der Waals surface area (Å²) in [5.74, 6) is 0.672. The summed E-state index contributed by atoms with van der Waals surface area (Å²) in [6.45, 7) is 5.05. The van der Waals surface area contributed by atoms with E-state index in [1.165, 1.54) is 0 Å². The molecule has 0 fully saturated rings. The number of hydrogen-bond acceptors (Lipinski definition) is 4. The molecule has 7 heteroatoms. The zero-order valence-corrected chi connectivity index (χ0v) is 18.4. The van der Waals surface area contributed by atoms with Crippen LogP contribution in [0.5, 0.6) is 0 Å². The molecule has 0 spiro atoms. The number of hydrogen-bond donors (Lipinski definition) is 0. The maximum Gasteiger partial charge on any atom is 0.257 e. The molecule has 0 bridgehead atoms. The van der Waals surface area contributed by atoms with Crippen molar-refractivity contribution in [1.82, 2.24) is 28.8 Å². The first kappa shape index (κ1) is 19.4. The van der Waals surface area contributed by atoms with Gasteiger partial charge in [0.15, 0.2) is 0 Å². The van der Waals surface area contributed by atoms with Crippen molar-refractivity contribution in [2.24, 2.45) is 0 Å². The first-order chi connectivity index (χ1) is 16.1. The van der Waals surface area contributed by atoms with Gasteiger partial charge in [0.25, 0.3) is 5.91 Å². The van der Waals surface area contributed by atoms with Crippen LogP contribution in [0.25, 0.3) is 22.7 Å². The lowest BCUT2D eigenvalue weighted by Gasteiger charge is -2.17. The number of fused-ring (bicyclic) bond motifs is 2. The third kappa shape index (κ3) is 3.29. The Kier molecular flexibility index (Phi) is 4.36. The standard InChI is InChI=1S/C26H22N6O/c1-17-11-18(2)29-26(28-17)32-14-19-12-31(13-20(19)15-32)25(33)24-21(22-7-3-5-9-27-22)16-30-10-6-4-8-23(24)30/h3-11,14-16H,12-13H2,1-2H3. The predicted octanol–water partition coefficient (Wildman–Crippen LogP) is 4.35. The van der Waals surface area contributed by atoms with Crippen molar-refractivity contribution in [1.29, 1.82) is 0 Å². The smallest absolute Gasteiger partial charge is 0.257 e. The van der Waals surface area contributed by atoms with Crippen molar-refractivity contribution in [3.05, 3.63) is 102 Å². The van der Waals surface area contributed by atoms with Crippen LogP contribution in [0.3, 0.4) is 0 Å². The van der Waals surface area contributed by atoms with E-state index in [1.54, 1.807) is 6.20 Å². The van der Waals surface area contributed by atoms with Crippen molar-refractivity contribution in [2.75, 3.05) is 0 Å². The summed E-state index contributed by atoms with van der Waals surface area (Å²) in [5, 5.41) is 0. The quantitative estimate of drug-likeness (QED) is 0.423. The van der Waals surface area contributed by atoms with Gasteiger partial charge in [-0.2, -0.15) is 0 Å². The lowest BCUT2D eigenvalue weighted by molar-refractivity contribution is 0.0753. The summed E-state index contributed by atoms with van der Waals surface area (Å²) in [6, 6.07) is 13.6. The van der Waals surface area contributed by atoms with Crippen LogP contribution in [0.2, 0.25) is 0 Å². The lowest BCUT2D eigenvalue weighted by Crippen LogP contribution is -2.26. The van der Waals surface area contributed by atoms with Gasteiger partial charge in [0.1, 0.15) is 0 Å². The molecule has 0 saturated carbocycles. The molecule has 0 saturated heterocycles. The number of nitrogens with zero attached hydrogens (tertiary/aromatic N) is 6. The molecule has 0 aromatic carbocycles. The van der Waals surface area contributed by atoms with Gasteiger partial charge in [0.2, 0.25) is 5.95 Å². The summed E-state index contributed by atoms with van der Waals surface area (Å²) in [7, 11) is 0. The van der Waals surface area contributed by atoms with Crippen LogP contribution < -0.4 is 0 Å². The Morgan fingerprint density at radius 3 is 2.33 bits per heavy atom. The van der Waals surface area contributed by atoms with Gasteiger partial charge in [0.05, 0.1) is 16.8 Å². The molecule has 1 aliphatic rings. The molecule has 5 aromatic heterocycles. The highest BCUT2D eigenvalue weighted by molar-refractivity contribution is 6.07. The topological polar surface area (TPSA) is 68.3 Å². The minimum Gasteiger partial charge on any atom is -0.330 e. The third-order valence-corrected chi connectivity index (χ3v) is 6.05. The second-order valence-electron chi connectivity index (χ2n) is 8.45. The largest absolute Gasteiger partial charge is 0.330 e. The summed E-state index contributed by atoms with van der Waals surface area (Å²) < 4.78 is 3.95. The Morgan fingerprint density at radius 2 is 1.64 bits per heavy atom. The van der Waals surface area contributed by atoms with Gasteiger partial charge in [-0.1, -0.05) is 12.1 Å². The molecule has 0 atom stereocenters. The average Bonchev–Trinajstić information content (AvgIpc) is 3.50. The van der Waals surface area contributed by atoms with Crippen LogP contribution in [0, 0.1) is 13.8 Å². The highest BCUT2D eigenvalue weighted by Crippen LogP contribution is 2.32. The molecule has 6 rings (SSSR count). The van der Waals surface area contributed by atoms with Crippen LogP contribution in [0.15, 0.2) is 73.4 Å². The Labute approximate surface area is 191 Å². The minimum absolute atomic E-state index is 0.00903. The molecule has 6 heterocycles. The van der Waals surface area contributed by atoms with Crippen molar-refractivity contribution in [3.63, 3.8) is 0 Å². The zero-order valence-electron chi connectivity index (χ0n) is 18.4. The fourth-order valence-electron chi connectivity index (χ4n) is 4.59. The summed E-state index contributed by atoms with van der Waals surface area (Å²) in [4.78, 5) is 29.3. The number of carbonyl (C=O) groups is 1. The highest BCUT2D eigenvalue weighted by Gasteiger charge is 2.30. The van der Waals surface area contributed by atoms with Gasteiger partial charge < -0.3 is 9.30 Å². The molecule has 1 aliphatic heterocycles. The van der Waals surface area contributed by atoms with Crippen LogP contribution in [-0.2, 0) is 13.1 Å². The van der Waals surface area contributed by atoms with Gasteiger partial charge in [-0.3, -0.25) is 14.3 Å². The number of aromatic nitrogens is 5.